The number of anilines is 1. The summed E-state index contributed by atoms with van der Waals surface area (Å²) < 4.78 is 13.0. The molecule has 2 N–H and O–H groups in total. The van der Waals surface area contributed by atoms with Crippen LogP contribution in [-0.4, -0.2) is 19.0 Å². The van der Waals surface area contributed by atoms with Gasteiger partial charge in [0.2, 0.25) is 5.91 Å². The summed E-state index contributed by atoms with van der Waals surface area (Å²) in [6.45, 7) is 4.80. The lowest BCUT2D eigenvalue weighted by Gasteiger charge is -2.07. The highest BCUT2D eigenvalue weighted by Gasteiger charge is 2.00. The topological polar surface area (TPSA) is 41.1 Å². The van der Waals surface area contributed by atoms with Gasteiger partial charge in [-0.25, -0.2) is 4.39 Å². The number of aryl methyl sites for hydroxylation is 1. The summed E-state index contributed by atoms with van der Waals surface area (Å²) in [5.74, 6) is -0.192. The zero-order valence-electron chi connectivity index (χ0n) is 9.64. The molecule has 88 valence electrons. The fourth-order valence-corrected chi connectivity index (χ4v) is 1.36. The molecule has 3 nitrogen and oxygen atoms in total. The van der Waals surface area contributed by atoms with E-state index in [0.29, 0.717) is 25.1 Å². The van der Waals surface area contributed by atoms with Gasteiger partial charge in [-0.3, -0.25) is 4.79 Å². The molecule has 0 unspecified atom stereocenters. The zero-order chi connectivity index (χ0) is 12.0. The molecule has 0 spiro atoms. The Hall–Kier alpha value is -1.58. The lowest BCUT2D eigenvalue weighted by molar-refractivity contribution is -0.120. The van der Waals surface area contributed by atoms with E-state index in [-0.39, 0.29) is 11.7 Å². The molecule has 0 saturated heterocycles. The number of carbonyl (C=O) groups is 1. The average molecular weight is 224 g/mol. The molecule has 0 fully saturated rings. The van der Waals surface area contributed by atoms with Crippen LogP contribution in [-0.2, 0) is 4.79 Å². The molecular formula is C12H17FN2O. The highest BCUT2D eigenvalue weighted by Crippen LogP contribution is 2.13. The van der Waals surface area contributed by atoms with Crippen molar-refractivity contribution < 1.29 is 9.18 Å². The Labute approximate surface area is 95.0 Å². The van der Waals surface area contributed by atoms with Crippen molar-refractivity contribution in [2.75, 3.05) is 18.4 Å². The van der Waals surface area contributed by atoms with Crippen molar-refractivity contribution in [1.29, 1.82) is 0 Å². The van der Waals surface area contributed by atoms with Gasteiger partial charge in [0, 0.05) is 25.2 Å². The van der Waals surface area contributed by atoms with Crippen molar-refractivity contribution in [3.63, 3.8) is 0 Å². The van der Waals surface area contributed by atoms with Crippen LogP contribution in [0.4, 0.5) is 10.1 Å². The number of hydrogen-bond acceptors (Lipinski definition) is 2. The Bertz CT molecular complexity index is 366. The lowest BCUT2D eigenvalue weighted by Crippen LogP contribution is -2.24. The normalized spacial score (nSPS) is 9.94. The number of hydrogen-bond donors (Lipinski definition) is 2. The summed E-state index contributed by atoms with van der Waals surface area (Å²) in [6, 6.07) is 4.82. The van der Waals surface area contributed by atoms with Gasteiger partial charge in [0.1, 0.15) is 5.82 Å². The highest BCUT2D eigenvalue weighted by molar-refractivity contribution is 5.76. The molecule has 0 radical (unpaired) electrons. The number of nitrogens with one attached hydrogen (secondary N) is 2. The van der Waals surface area contributed by atoms with Crippen molar-refractivity contribution in [3.05, 3.63) is 29.6 Å². The minimum Gasteiger partial charge on any atom is -0.385 e. The SMILES string of the molecule is CCNC(=O)CCNc1ccc(F)c(C)c1. The van der Waals surface area contributed by atoms with E-state index in [4.69, 9.17) is 0 Å². The lowest BCUT2D eigenvalue weighted by atomic mass is 10.2. The second-order valence-corrected chi connectivity index (χ2v) is 3.59. The minimum atomic E-state index is -0.214. The van der Waals surface area contributed by atoms with Gasteiger partial charge in [0.25, 0.3) is 0 Å². The second-order valence-electron chi connectivity index (χ2n) is 3.59. The maximum Gasteiger partial charge on any atom is 0.221 e. The van der Waals surface area contributed by atoms with Crippen molar-refractivity contribution in [2.24, 2.45) is 0 Å². The van der Waals surface area contributed by atoms with Gasteiger partial charge >= 0.3 is 0 Å². The van der Waals surface area contributed by atoms with E-state index >= 15 is 0 Å². The molecule has 0 heterocycles. The molecule has 0 saturated carbocycles. The molecule has 1 aromatic carbocycles. The molecule has 1 rings (SSSR count). The van der Waals surface area contributed by atoms with Gasteiger partial charge < -0.3 is 10.6 Å². The average Bonchev–Trinajstić information content (AvgIpc) is 2.24. The monoisotopic (exact) mass is 224 g/mol. The maximum atomic E-state index is 13.0. The van der Waals surface area contributed by atoms with Crippen LogP contribution >= 0.6 is 0 Å². The Balaban J connectivity index is 2.37. The Morgan fingerprint density at radius 3 is 2.81 bits per heavy atom. The number of halogens is 1. The second kappa shape index (κ2) is 6.10. The molecule has 1 amide bonds. The predicted octanol–water partition coefficient (Wildman–Crippen LogP) is 2.07. The molecule has 16 heavy (non-hydrogen) atoms. The van der Waals surface area contributed by atoms with Gasteiger partial charge in [-0.2, -0.15) is 0 Å². The molecule has 4 heteroatoms. The fraction of sp³-hybridized carbons (Fsp3) is 0.417. The van der Waals surface area contributed by atoms with Gasteiger partial charge in [0.15, 0.2) is 0 Å². The number of benzene rings is 1. The van der Waals surface area contributed by atoms with Crippen LogP contribution in [0.15, 0.2) is 18.2 Å². The molecule has 0 bridgehead atoms. The summed E-state index contributed by atoms with van der Waals surface area (Å²) >= 11 is 0. The van der Waals surface area contributed by atoms with E-state index in [1.54, 1.807) is 19.1 Å². The minimum absolute atomic E-state index is 0.0221. The predicted molar refractivity (Wildman–Crippen MR) is 62.9 cm³/mol. The third-order valence-electron chi connectivity index (χ3n) is 2.21. The smallest absolute Gasteiger partial charge is 0.221 e. The molecular weight excluding hydrogens is 207 g/mol. The van der Waals surface area contributed by atoms with Crippen molar-refractivity contribution >= 4 is 11.6 Å². The van der Waals surface area contributed by atoms with E-state index in [1.807, 2.05) is 6.92 Å². The summed E-state index contributed by atoms with van der Waals surface area (Å²) in [7, 11) is 0. The van der Waals surface area contributed by atoms with Gasteiger partial charge in [-0.1, -0.05) is 0 Å². The molecule has 1 aromatic rings. The fourth-order valence-electron chi connectivity index (χ4n) is 1.36. The van der Waals surface area contributed by atoms with Crippen LogP contribution in [0, 0.1) is 12.7 Å². The number of amides is 1. The number of rotatable bonds is 5. The first-order chi connectivity index (χ1) is 7.63. The number of carbonyl (C=O) groups excluding carboxylic acids is 1. The van der Waals surface area contributed by atoms with E-state index in [1.165, 1.54) is 6.07 Å². The van der Waals surface area contributed by atoms with Gasteiger partial charge in [-0.05, 0) is 37.6 Å². The Kier molecular flexibility index (Phi) is 4.76. The zero-order valence-corrected chi connectivity index (χ0v) is 9.64. The van der Waals surface area contributed by atoms with Crippen LogP contribution in [0.5, 0.6) is 0 Å². The van der Waals surface area contributed by atoms with Crippen molar-refractivity contribution in [2.45, 2.75) is 20.3 Å². The van der Waals surface area contributed by atoms with Crippen LogP contribution in [0.2, 0.25) is 0 Å². The maximum absolute atomic E-state index is 13.0. The molecule has 0 aromatic heterocycles. The van der Waals surface area contributed by atoms with Crippen LogP contribution in [0.25, 0.3) is 0 Å². The first-order valence-electron chi connectivity index (χ1n) is 5.40. The van der Waals surface area contributed by atoms with Crippen molar-refractivity contribution in [3.8, 4) is 0 Å². The molecule has 0 atom stereocenters. The summed E-state index contributed by atoms with van der Waals surface area (Å²) in [5.41, 5.74) is 1.44. The first kappa shape index (κ1) is 12.5. The van der Waals surface area contributed by atoms with Crippen LogP contribution in [0.3, 0.4) is 0 Å². The van der Waals surface area contributed by atoms with Crippen molar-refractivity contribution in [1.82, 2.24) is 5.32 Å². The van der Waals surface area contributed by atoms with Crippen LogP contribution < -0.4 is 10.6 Å². The molecule has 0 aliphatic rings. The molecule has 0 aliphatic heterocycles. The van der Waals surface area contributed by atoms with Gasteiger partial charge in [-0.15, -0.1) is 0 Å². The van der Waals surface area contributed by atoms with E-state index in [9.17, 15) is 9.18 Å². The standard InChI is InChI=1S/C12H17FN2O/c1-3-14-12(16)6-7-15-10-4-5-11(13)9(2)8-10/h4-5,8,15H,3,6-7H2,1-2H3,(H,14,16). The summed E-state index contributed by atoms with van der Waals surface area (Å²) in [5, 5.41) is 5.79. The first-order valence-corrected chi connectivity index (χ1v) is 5.40. The van der Waals surface area contributed by atoms with E-state index < -0.39 is 0 Å². The highest BCUT2D eigenvalue weighted by atomic mass is 19.1. The largest absolute Gasteiger partial charge is 0.385 e. The van der Waals surface area contributed by atoms with Gasteiger partial charge in [0.05, 0.1) is 0 Å². The van der Waals surface area contributed by atoms with Crippen LogP contribution in [0.1, 0.15) is 18.9 Å². The quantitative estimate of drug-likeness (QED) is 0.804. The Morgan fingerprint density at radius 1 is 1.44 bits per heavy atom. The summed E-state index contributed by atoms with van der Waals surface area (Å²) in [4.78, 5) is 11.1. The third-order valence-corrected chi connectivity index (χ3v) is 2.21. The molecule has 0 aliphatic carbocycles. The third kappa shape index (κ3) is 3.88. The van der Waals surface area contributed by atoms with E-state index in [2.05, 4.69) is 10.6 Å². The van der Waals surface area contributed by atoms with E-state index in [0.717, 1.165) is 5.69 Å². The Morgan fingerprint density at radius 2 is 2.19 bits per heavy atom. The summed E-state index contributed by atoms with van der Waals surface area (Å²) in [6.07, 6.45) is 0.421.